The second-order valence-electron chi connectivity index (χ2n) is 7.15. The van der Waals surface area contributed by atoms with Crippen LogP contribution >= 0.6 is 0 Å². The van der Waals surface area contributed by atoms with Gasteiger partial charge in [-0.15, -0.1) is 0 Å². The van der Waals surface area contributed by atoms with Crippen LogP contribution in [0.2, 0.25) is 0 Å². The van der Waals surface area contributed by atoms with Crippen molar-refractivity contribution in [2.45, 2.75) is 51.7 Å². The molecule has 0 unspecified atom stereocenters. The molecule has 5 heteroatoms. The van der Waals surface area contributed by atoms with Crippen molar-refractivity contribution in [1.82, 2.24) is 9.80 Å². The number of nitrogens with zero attached hydrogens (tertiary/aromatic N) is 2. The third-order valence-corrected chi connectivity index (χ3v) is 4.79. The van der Waals surface area contributed by atoms with E-state index in [0.717, 1.165) is 37.9 Å². The Morgan fingerprint density at radius 2 is 1.96 bits per heavy atom. The highest BCUT2D eigenvalue weighted by molar-refractivity contribution is 5.81. The number of benzene rings is 1. The molecule has 1 amide bonds. The molecule has 0 spiro atoms. The van der Waals surface area contributed by atoms with Crippen molar-refractivity contribution >= 4 is 11.7 Å². The molecule has 0 radical (unpaired) electrons. The SMILES string of the molecule is CC(=O)CCc1ccc(O[C@H](C)C(=O)N2CCC[C@H](N(C)C)C2)cc1. The van der Waals surface area contributed by atoms with Gasteiger partial charge >= 0.3 is 0 Å². The first kappa shape index (κ1) is 19.4. The van der Waals surface area contributed by atoms with Crippen LogP contribution in [0.25, 0.3) is 0 Å². The van der Waals surface area contributed by atoms with Crippen molar-refractivity contribution in [3.8, 4) is 5.75 Å². The Morgan fingerprint density at radius 3 is 2.56 bits per heavy atom. The smallest absolute Gasteiger partial charge is 0.263 e. The number of piperidine rings is 1. The molecule has 0 aliphatic carbocycles. The molecule has 1 aliphatic heterocycles. The number of hydrogen-bond donors (Lipinski definition) is 0. The lowest BCUT2D eigenvalue weighted by atomic mass is 10.0. The highest BCUT2D eigenvalue weighted by Gasteiger charge is 2.28. The van der Waals surface area contributed by atoms with Crippen LogP contribution in [-0.2, 0) is 16.0 Å². The Hall–Kier alpha value is -1.88. The van der Waals surface area contributed by atoms with Crippen LogP contribution < -0.4 is 4.74 Å². The summed E-state index contributed by atoms with van der Waals surface area (Å²) < 4.78 is 5.83. The van der Waals surface area contributed by atoms with Crippen molar-refractivity contribution < 1.29 is 14.3 Å². The van der Waals surface area contributed by atoms with E-state index in [1.165, 1.54) is 0 Å². The van der Waals surface area contributed by atoms with Gasteiger partial charge in [0.15, 0.2) is 6.10 Å². The monoisotopic (exact) mass is 346 g/mol. The Kier molecular flexibility index (Phi) is 7.00. The van der Waals surface area contributed by atoms with Crippen LogP contribution in [0, 0.1) is 0 Å². The van der Waals surface area contributed by atoms with E-state index in [2.05, 4.69) is 19.0 Å². The van der Waals surface area contributed by atoms with Crippen molar-refractivity contribution in [3.63, 3.8) is 0 Å². The standard InChI is InChI=1S/C20H30N2O3/c1-15(23)7-8-17-9-11-19(12-10-17)25-16(2)20(24)22-13-5-6-18(14-22)21(3)4/h9-12,16,18H,5-8,13-14H2,1-4H3/t16-,18+/m1/s1. The minimum Gasteiger partial charge on any atom is -0.481 e. The maximum Gasteiger partial charge on any atom is 0.263 e. The number of carbonyl (C=O) groups is 2. The fourth-order valence-corrected chi connectivity index (χ4v) is 3.14. The van der Waals surface area contributed by atoms with Gasteiger partial charge in [-0.1, -0.05) is 12.1 Å². The van der Waals surface area contributed by atoms with E-state index in [9.17, 15) is 9.59 Å². The van der Waals surface area contributed by atoms with Gasteiger partial charge in [-0.2, -0.15) is 0 Å². The number of amides is 1. The fourth-order valence-electron chi connectivity index (χ4n) is 3.14. The minimum absolute atomic E-state index is 0.0483. The average molecular weight is 346 g/mol. The minimum atomic E-state index is -0.496. The summed E-state index contributed by atoms with van der Waals surface area (Å²) in [5, 5.41) is 0. The number of likely N-dealkylation sites (N-methyl/N-ethyl adjacent to an activating group) is 1. The maximum atomic E-state index is 12.7. The molecule has 25 heavy (non-hydrogen) atoms. The average Bonchev–Trinajstić information content (AvgIpc) is 2.60. The first-order valence-electron chi connectivity index (χ1n) is 9.07. The highest BCUT2D eigenvalue weighted by Crippen LogP contribution is 2.18. The van der Waals surface area contributed by atoms with Crippen LogP contribution in [0.3, 0.4) is 0 Å². The number of likely N-dealkylation sites (tertiary alicyclic amines) is 1. The van der Waals surface area contributed by atoms with Crippen LogP contribution in [0.5, 0.6) is 5.75 Å². The second kappa shape index (κ2) is 8.99. The Morgan fingerprint density at radius 1 is 1.28 bits per heavy atom. The van der Waals surface area contributed by atoms with Crippen molar-refractivity contribution in [1.29, 1.82) is 0 Å². The van der Waals surface area contributed by atoms with Gasteiger partial charge in [0, 0.05) is 25.6 Å². The zero-order valence-electron chi connectivity index (χ0n) is 15.8. The zero-order valence-corrected chi connectivity index (χ0v) is 15.8. The van der Waals surface area contributed by atoms with Crippen LogP contribution in [0.1, 0.15) is 38.7 Å². The number of Topliss-reactive ketones (excluding diaryl/α,β-unsaturated/α-hetero) is 1. The number of ketones is 1. The van der Waals surface area contributed by atoms with E-state index in [1.807, 2.05) is 36.1 Å². The molecule has 0 bridgehead atoms. The fraction of sp³-hybridized carbons (Fsp3) is 0.600. The summed E-state index contributed by atoms with van der Waals surface area (Å²) >= 11 is 0. The molecule has 2 rings (SSSR count). The van der Waals surface area contributed by atoms with Gasteiger partial charge in [0.05, 0.1) is 0 Å². The summed E-state index contributed by atoms with van der Waals surface area (Å²) in [6, 6.07) is 8.08. The molecule has 1 fully saturated rings. The quantitative estimate of drug-likeness (QED) is 0.761. The number of ether oxygens (including phenoxy) is 1. The summed E-state index contributed by atoms with van der Waals surface area (Å²) in [7, 11) is 4.12. The van der Waals surface area contributed by atoms with Crippen LogP contribution in [0.15, 0.2) is 24.3 Å². The van der Waals surface area contributed by atoms with E-state index in [-0.39, 0.29) is 11.7 Å². The number of aryl methyl sites for hydroxylation is 1. The summed E-state index contributed by atoms with van der Waals surface area (Å²) in [6.07, 6.45) is 2.96. The molecule has 5 nitrogen and oxygen atoms in total. The molecule has 1 heterocycles. The lowest BCUT2D eigenvalue weighted by Crippen LogP contribution is -2.50. The Bertz CT molecular complexity index is 583. The molecule has 1 aromatic rings. The predicted octanol–water partition coefficient (Wildman–Crippen LogP) is 2.53. The van der Waals surface area contributed by atoms with Gasteiger partial charge in [0.25, 0.3) is 5.91 Å². The molecule has 1 saturated heterocycles. The Labute approximate surface area is 150 Å². The summed E-state index contributed by atoms with van der Waals surface area (Å²) in [6.45, 7) is 4.99. The number of carbonyl (C=O) groups excluding carboxylic acids is 2. The summed E-state index contributed by atoms with van der Waals surface area (Å²) in [4.78, 5) is 27.8. The van der Waals surface area contributed by atoms with E-state index >= 15 is 0 Å². The van der Waals surface area contributed by atoms with E-state index in [0.29, 0.717) is 18.2 Å². The van der Waals surface area contributed by atoms with Crippen molar-refractivity contribution in [3.05, 3.63) is 29.8 Å². The predicted molar refractivity (Wildman–Crippen MR) is 98.8 cm³/mol. The van der Waals surface area contributed by atoms with E-state index in [4.69, 9.17) is 4.74 Å². The molecule has 0 N–H and O–H groups in total. The largest absolute Gasteiger partial charge is 0.481 e. The van der Waals surface area contributed by atoms with Crippen LogP contribution in [-0.4, -0.2) is 60.8 Å². The second-order valence-corrected chi connectivity index (χ2v) is 7.15. The van der Waals surface area contributed by atoms with E-state index < -0.39 is 6.10 Å². The molecule has 0 aromatic heterocycles. The van der Waals surface area contributed by atoms with Gasteiger partial charge in [-0.05, 0) is 64.9 Å². The topological polar surface area (TPSA) is 49.9 Å². The lowest BCUT2D eigenvalue weighted by molar-refractivity contribution is -0.139. The maximum absolute atomic E-state index is 12.7. The van der Waals surface area contributed by atoms with Crippen LogP contribution in [0.4, 0.5) is 0 Å². The first-order valence-corrected chi connectivity index (χ1v) is 9.07. The normalized spacial score (nSPS) is 18.9. The van der Waals surface area contributed by atoms with Crippen molar-refractivity contribution in [2.75, 3.05) is 27.2 Å². The number of rotatable bonds is 7. The molecule has 1 aliphatic rings. The molecule has 138 valence electrons. The summed E-state index contributed by atoms with van der Waals surface area (Å²) in [5.41, 5.74) is 1.10. The molecule has 0 saturated carbocycles. The molecular formula is C20H30N2O3. The zero-order chi connectivity index (χ0) is 18.4. The van der Waals surface area contributed by atoms with E-state index in [1.54, 1.807) is 6.92 Å². The summed E-state index contributed by atoms with van der Waals surface area (Å²) in [5.74, 6) is 0.929. The van der Waals surface area contributed by atoms with Gasteiger partial charge in [0.1, 0.15) is 11.5 Å². The highest BCUT2D eigenvalue weighted by atomic mass is 16.5. The molecular weight excluding hydrogens is 316 g/mol. The lowest BCUT2D eigenvalue weighted by Gasteiger charge is -2.37. The number of hydrogen-bond acceptors (Lipinski definition) is 4. The van der Waals surface area contributed by atoms with Gasteiger partial charge in [0.2, 0.25) is 0 Å². The third-order valence-electron chi connectivity index (χ3n) is 4.79. The third kappa shape index (κ3) is 5.85. The molecule has 2 atom stereocenters. The van der Waals surface area contributed by atoms with Gasteiger partial charge < -0.3 is 19.3 Å². The van der Waals surface area contributed by atoms with Crippen molar-refractivity contribution in [2.24, 2.45) is 0 Å². The van der Waals surface area contributed by atoms with Gasteiger partial charge in [-0.25, -0.2) is 0 Å². The first-order chi connectivity index (χ1) is 11.9. The van der Waals surface area contributed by atoms with Gasteiger partial charge in [-0.3, -0.25) is 4.79 Å². The molecule has 1 aromatic carbocycles. The Balaban J connectivity index is 1.89.